The van der Waals surface area contributed by atoms with E-state index in [0.29, 0.717) is 0 Å². The first-order chi connectivity index (χ1) is 9.35. The van der Waals surface area contributed by atoms with Crippen LogP contribution in [0.5, 0.6) is 0 Å². The van der Waals surface area contributed by atoms with Crippen molar-refractivity contribution in [2.75, 3.05) is 12.3 Å². The van der Waals surface area contributed by atoms with Gasteiger partial charge in [-0.25, -0.2) is 4.79 Å². The van der Waals surface area contributed by atoms with Crippen molar-refractivity contribution < 1.29 is 24.9 Å². The zero-order chi connectivity index (χ0) is 15.3. The van der Waals surface area contributed by atoms with Crippen molar-refractivity contribution >= 4 is 11.8 Å². The first-order valence-electron chi connectivity index (χ1n) is 5.83. The van der Waals surface area contributed by atoms with Crippen molar-refractivity contribution in [2.24, 2.45) is 0 Å². The molecule has 9 heteroatoms. The third-order valence-corrected chi connectivity index (χ3v) is 2.55. The van der Waals surface area contributed by atoms with Gasteiger partial charge in [0, 0.05) is 19.5 Å². The van der Waals surface area contributed by atoms with Crippen LogP contribution in [-0.4, -0.2) is 49.7 Å². The maximum atomic E-state index is 11.5. The van der Waals surface area contributed by atoms with E-state index >= 15 is 0 Å². The fourth-order valence-corrected chi connectivity index (χ4v) is 1.70. The lowest BCUT2D eigenvalue weighted by Crippen LogP contribution is -2.27. The molecule has 0 radical (unpaired) electrons. The van der Waals surface area contributed by atoms with Gasteiger partial charge in [0.2, 0.25) is 0 Å². The molecule has 0 amide bonds. The van der Waals surface area contributed by atoms with E-state index in [1.165, 1.54) is 16.8 Å². The van der Waals surface area contributed by atoms with Crippen LogP contribution in [0.15, 0.2) is 17.1 Å². The average Bonchev–Trinajstić information content (AvgIpc) is 2.69. The monoisotopic (exact) mass is 287 g/mol. The molecule has 2 rings (SSSR count). The third-order valence-electron chi connectivity index (χ3n) is 2.55. The van der Waals surface area contributed by atoms with Crippen LogP contribution in [0.1, 0.15) is 19.6 Å². The molecule has 0 aromatic carbocycles. The number of carboxylic acid groups (broad SMARTS) is 1. The highest BCUT2D eigenvalue weighted by molar-refractivity contribution is 5.62. The number of hydrogen-bond acceptors (Lipinski definition) is 7. The fourth-order valence-electron chi connectivity index (χ4n) is 1.70. The van der Waals surface area contributed by atoms with E-state index in [0.717, 1.165) is 6.92 Å². The topological polar surface area (TPSA) is 148 Å². The van der Waals surface area contributed by atoms with Crippen molar-refractivity contribution in [2.45, 2.75) is 31.8 Å². The standard InChI is InChI=1S/C9H13N3O4.C2H4O2/c10-7-1-2-12(9(15)11-7)8-3-5(14)6(4-13)16-8;1-2(3)4/h1-2,5-6,8,13-14H,3-4H2,(H2,10,11,15);1H3,(H,3,4)/t5-,6+,8+;/m0./s1. The second kappa shape index (κ2) is 6.98. The molecule has 0 spiro atoms. The van der Waals surface area contributed by atoms with E-state index in [2.05, 4.69) is 4.98 Å². The Labute approximate surface area is 114 Å². The molecule has 1 aromatic heterocycles. The van der Waals surface area contributed by atoms with Gasteiger partial charge in [-0.2, -0.15) is 4.98 Å². The van der Waals surface area contributed by atoms with Crippen molar-refractivity contribution in [3.05, 3.63) is 22.7 Å². The Morgan fingerprint density at radius 1 is 1.65 bits per heavy atom. The van der Waals surface area contributed by atoms with E-state index in [1.54, 1.807) is 0 Å². The van der Waals surface area contributed by atoms with Crippen molar-refractivity contribution in [1.29, 1.82) is 0 Å². The van der Waals surface area contributed by atoms with Crippen LogP contribution in [0.2, 0.25) is 0 Å². The summed E-state index contributed by atoms with van der Waals surface area (Å²) in [6.45, 7) is 0.800. The molecule has 2 heterocycles. The van der Waals surface area contributed by atoms with Crippen LogP contribution in [-0.2, 0) is 9.53 Å². The van der Waals surface area contributed by atoms with Gasteiger partial charge in [0.25, 0.3) is 5.97 Å². The highest BCUT2D eigenvalue weighted by Crippen LogP contribution is 2.27. The van der Waals surface area contributed by atoms with Crippen LogP contribution in [0, 0.1) is 0 Å². The number of nitrogen functional groups attached to an aromatic ring is 1. The smallest absolute Gasteiger partial charge is 0.351 e. The molecule has 0 bridgehead atoms. The van der Waals surface area contributed by atoms with Crippen LogP contribution in [0.3, 0.4) is 0 Å². The predicted molar refractivity (Wildman–Crippen MR) is 67.8 cm³/mol. The molecule has 9 nitrogen and oxygen atoms in total. The van der Waals surface area contributed by atoms with Gasteiger partial charge >= 0.3 is 5.69 Å². The molecule has 0 unspecified atom stereocenters. The maximum Gasteiger partial charge on any atom is 0.351 e. The molecule has 5 N–H and O–H groups in total. The predicted octanol–water partition coefficient (Wildman–Crippen LogP) is -1.44. The number of nitrogens with zero attached hydrogens (tertiary/aromatic N) is 2. The lowest BCUT2D eigenvalue weighted by molar-refractivity contribution is -0.134. The van der Waals surface area contributed by atoms with Gasteiger partial charge in [0.15, 0.2) is 0 Å². The van der Waals surface area contributed by atoms with Gasteiger partial charge in [-0.05, 0) is 6.07 Å². The SMILES string of the molecule is CC(=O)O.Nc1ccn([C@H]2C[C@H](O)[C@@H](CO)O2)c(=O)n1. The summed E-state index contributed by atoms with van der Waals surface area (Å²) in [6, 6.07) is 1.48. The number of carboxylic acids is 1. The zero-order valence-electron chi connectivity index (χ0n) is 10.8. The van der Waals surface area contributed by atoms with Crippen LogP contribution >= 0.6 is 0 Å². The van der Waals surface area contributed by atoms with Crippen LogP contribution in [0.4, 0.5) is 5.82 Å². The van der Waals surface area contributed by atoms with Gasteiger partial charge in [0.05, 0.1) is 12.7 Å². The number of nitrogens with two attached hydrogens (primary N) is 1. The quantitative estimate of drug-likeness (QED) is 0.516. The minimum absolute atomic E-state index is 0.138. The number of anilines is 1. The van der Waals surface area contributed by atoms with E-state index in [4.69, 9.17) is 25.5 Å². The Morgan fingerprint density at radius 3 is 2.70 bits per heavy atom. The summed E-state index contributed by atoms with van der Waals surface area (Å²) in [5.74, 6) is -0.696. The maximum absolute atomic E-state index is 11.5. The number of rotatable bonds is 2. The summed E-state index contributed by atoms with van der Waals surface area (Å²) in [4.78, 5) is 24.0. The van der Waals surface area contributed by atoms with Gasteiger partial charge in [-0.3, -0.25) is 9.36 Å². The zero-order valence-corrected chi connectivity index (χ0v) is 10.8. The van der Waals surface area contributed by atoms with Gasteiger partial charge in [-0.1, -0.05) is 0 Å². The Kier molecular flexibility index (Phi) is 5.62. The number of aliphatic hydroxyl groups excluding tert-OH is 2. The minimum atomic E-state index is -0.833. The van der Waals surface area contributed by atoms with Crippen LogP contribution in [0.25, 0.3) is 0 Å². The molecular weight excluding hydrogens is 270 g/mol. The largest absolute Gasteiger partial charge is 0.481 e. The average molecular weight is 287 g/mol. The molecule has 112 valence electrons. The fraction of sp³-hybridized carbons (Fsp3) is 0.545. The van der Waals surface area contributed by atoms with Crippen molar-refractivity contribution in [3.63, 3.8) is 0 Å². The Hall–Kier alpha value is -1.97. The summed E-state index contributed by atoms with van der Waals surface area (Å²) >= 11 is 0. The highest BCUT2D eigenvalue weighted by Gasteiger charge is 2.34. The second-order valence-corrected chi connectivity index (χ2v) is 4.18. The minimum Gasteiger partial charge on any atom is -0.481 e. The lowest BCUT2D eigenvalue weighted by atomic mass is 10.2. The summed E-state index contributed by atoms with van der Waals surface area (Å²) in [6.07, 6.45) is -0.333. The van der Waals surface area contributed by atoms with Crippen molar-refractivity contribution in [1.82, 2.24) is 9.55 Å². The molecule has 1 aromatic rings. The highest BCUT2D eigenvalue weighted by atomic mass is 16.5. The normalized spacial score (nSPS) is 24.9. The molecule has 1 aliphatic rings. The molecule has 3 atom stereocenters. The van der Waals surface area contributed by atoms with Crippen LogP contribution < -0.4 is 11.4 Å². The number of carbonyl (C=O) groups is 1. The van der Waals surface area contributed by atoms with Gasteiger partial charge < -0.3 is 25.8 Å². The first-order valence-corrected chi connectivity index (χ1v) is 5.83. The Bertz CT molecular complexity index is 513. The second-order valence-electron chi connectivity index (χ2n) is 4.18. The number of ether oxygens (including phenoxy) is 1. The molecule has 0 aliphatic carbocycles. The molecule has 1 aliphatic heterocycles. The van der Waals surface area contributed by atoms with Gasteiger partial charge in [0.1, 0.15) is 18.1 Å². The summed E-state index contributed by atoms with van der Waals surface area (Å²) in [7, 11) is 0. The van der Waals surface area contributed by atoms with Gasteiger partial charge in [-0.15, -0.1) is 0 Å². The molecular formula is C11H17N3O6. The Balaban J connectivity index is 0.000000444. The summed E-state index contributed by atoms with van der Waals surface area (Å²) in [5.41, 5.74) is 4.82. The Morgan fingerprint density at radius 2 is 2.25 bits per heavy atom. The number of aliphatic hydroxyl groups is 2. The third kappa shape index (κ3) is 4.30. The molecule has 0 saturated carbocycles. The molecule has 1 fully saturated rings. The van der Waals surface area contributed by atoms with E-state index in [9.17, 15) is 9.90 Å². The summed E-state index contributed by atoms with van der Waals surface area (Å²) < 4.78 is 6.56. The van der Waals surface area contributed by atoms with E-state index < -0.39 is 30.1 Å². The lowest BCUT2D eigenvalue weighted by Gasteiger charge is -2.13. The number of aliphatic carboxylic acids is 1. The first kappa shape index (κ1) is 16.1. The number of hydrogen-bond donors (Lipinski definition) is 4. The number of aromatic nitrogens is 2. The molecule has 20 heavy (non-hydrogen) atoms. The van der Waals surface area contributed by atoms with E-state index in [-0.39, 0.29) is 18.8 Å². The molecule has 1 saturated heterocycles. The van der Waals surface area contributed by atoms with E-state index in [1.807, 2.05) is 0 Å². The summed E-state index contributed by atoms with van der Waals surface area (Å²) in [5, 5.41) is 25.8. The van der Waals surface area contributed by atoms with Crippen molar-refractivity contribution in [3.8, 4) is 0 Å².